The van der Waals surface area contributed by atoms with Gasteiger partial charge in [0.15, 0.2) is 0 Å². The van der Waals surface area contributed by atoms with Crippen LogP contribution in [0.25, 0.3) is 0 Å². The molecule has 0 saturated carbocycles. The van der Waals surface area contributed by atoms with Gasteiger partial charge in [-0.3, -0.25) is 9.69 Å². The van der Waals surface area contributed by atoms with Gasteiger partial charge < -0.3 is 10.0 Å². The molecule has 5 heteroatoms. The highest BCUT2D eigenvalue weighted by atomic mass is 19.1. The van der Waals surface area contributed by atoms with Crippen molar-refractivity contribution in [1.29, 1.82) is 0 Å². The fraction of sp³-hybridized carbons (Fsp3) is 0.350. The molecule has 0 aliphatic carbocycles. The molecule has 1 N–H and O–H groups in total. The highest BCUT2D eigenvalue weighted by Gasteiger charge is 2.24. The maximum atomic E-state index is 13.4. The van der Waals surface area contributed by atoms with E-state index in [0.717, 1.165) is 11.1 Å². The summed E-state index contributed by atoms with van der Waals surface area (Å²) in [7, 11) is 0. The number of rotatable bonds is 4. The standard InChI is InChI=1S/C20H23FN2O2/c1-15-7-8-17(21)13-18(15)20(25)23-11-9-22(10-12-23)14-19(24)16-5-3-2-4-6-16/h2-8,13,19,24H,9-12,14H2,1H3/t19-/m0/s1. The number of aryl methyl sites for hydroxylation is 1. The van der Waals surface area contributed by atoms with Crippen LogP contribution in [0.1, 0.15) is 27.6 Å². The molecule has 1 amide bonds. The highest BCUT2D eigenvalue weighted by molar-refractivity contribution is 5.95. The number of aliphatic hydroxyl groups is 1. The van der Waals surface area contributed by atoms with Crippen LogP contribution in [0.4, 0.5) is 4.39 Å². The second kappa shape index (κ2) is 7.76. The largest absolute Gasteiger partial charge is 0.387 e. The molecule has 0 bridgehead atoms. The van der Waals surface area contributed by atoms with E-state index in [1.807, 2.05) is 37.3 Å². The number of hydrogen-bond acceptors (Lipinski definition) is 3. The van der Waals surface area contributed by atoms with Gasteiger partial charge in [0.25, 0.3) is 5.91 Å². The Labute approximate surface area is 147 Å². The average molecular weight is 342 g/mol. The fourth-order valence-corrected chi connectivity index (χ4v) is 3.15. The molecule has 4 nitrogen and oxygen atoms in total. The summed E-state index contributed by atoms with van der Waals surface area (Å²) in [6.45, 7) is 4.92. The third-order valence-electron chi connectivity index (χ3n) is 4.71. The molecular weight excluding hydrogens is 319 g/mol. The van der Waals surface area contributed by atoms with Crippen molar-refractivity contribution < 1.29 is 14.3 Å². The van der Waals surface area contributed by atoms with E-state index in [-0.39, 0.29) is 5.91 Å². The predicted molar refractivity (Wildman–Crippen MR) is 94.9 cm³/mol. The molecule has 1 atom stereocenters. The lowest BCUT2D eigenvalue weighted by Crippen LogP contribution is -2.49. The number of β-amino-alcohol motifs (C(OH)–C–C–N with tert-alkyl or cyclic N) is 1. The predicted octanol–water partition coefficient (Wildman–Crippen LogP) is 2.63. The van der Waals surface area contributed by atoms with Gasteiger partial charge in [0.1, 0.15) is 5.82 Å². The quantitative estimate of drug-likeness (QED) is 0.929. The van der Waals surface area contributed by atoms with E-state index >= 15 is 0 Å². The van der Waals surface area contributed by atoms with Gasteiger partial charge in [-0.15, -0.1) is 0 Å². The smallest absolute Gasteiger partial charge is 0.254 e. The normalized spacial score (nSPS) is 16.7. The van der Waals surface area contributed by atoms with Crippen molar-refractivity contribution in [2.75, 3.05) is 32.7 Å². The van der Waals surface area contributed by atoms with E-state index in [9.17, 15) is 14.3 Å². The number of carbonyl (C=O) groups is 1. The molecule has 25 heavy (non-hydrogen) atoms. The van der Waals surface area contributed by atoms with Crippen LogP contribution < -0.4 is 0 Å². The Morgan fingerprint density at radius 2 is 1.80 bits per heavy atom. The molecule has 0 radical (unpaired) electrons. The number of piperazine rings is 1. The Bertz CT molecular complexity index is 728. The van der Waals surface area contributed by atoms with Gasteiger partial charge in [-0.25, -0.2) is 4.39 Å². The van der Waals surface area contributed by atoms with Crippen molar-refractivity contribution in [2.45, 2.75) is 13.0 Å². The number of carbonyl (C=O) groups excluding carboxylic acids is 1. The minimum absolute atomic E-state index is 0.125. The molecule has 1 fully saturated rings. The van der Waals surface area contributed by atoms with Gasteiger partial charge in [0, 0.05) is 38.3 Å². The monoisotopic (exact) mass is 342 g/mol. The average Bonchev–Trinajstić information content (AvgIpc) is 2.64. The summed E-state index contributed by atoms with van der Waals surface area (Å²) >= 11 is 0. The van der Waals surface area contributed by atoms with E-state index in [1.54, 1.807) is 11.0 Å². The summed E-state index contributed by atoms with van der Waals surface area (Å²) in [5.41, 5.74) is 2.11. The molecule has 3 rings (SSSR count). The number of hydrogen-bond donors (Lipinski definition) is 1. The van der Waals surface area contributed by atoms with Crippen LogP contribution in [-0.2, 0) is 0 Å². The Hall–Kier alpha value is -2.24. The molecule has 2 aromatic rings. The maximum Gasteiger partial charge on any atom is 0.254 e. The van der Waals surface area contributed by atoms with Crippen molar-refractivity contribution in [2.24, 2.45) is 0 Å². The molecule has 0 spiro atoms. The third-order valence-corrected chi connectivity index (χ3v) is 4.71. The van der Waals surface area contributed by atoms with Gasteiger partial charge >= 0.3 is 0 Å². The summed E-state index contributed by atoms with van der Waals surface area (Å²) < 4.78 is 13.4. The Morgan fingerprint density at radius 1 is 1.12 bits per heavy atom. The number of amides is 1. The molecular formula is C20H23FN2O2. The number of nitrogens with zero attached hydrogens (tertiary/aromatic N) is 2. The van der Waals surface area contributed by atoms with E-state index < -0.39 is 11.9 Å². The van der Waals surface area contributed by atoms with Gasteiger partial charge in [-0.05, 0) is 30.2 Å². The minimum atomic E-state index is -0.533. The van der Waals surface area contributed by atoms with Crippen molar-refractivity contribution in [3.63, 3.8) is 0 Å². The zero-order chi connectivity index (χ0) is 17.8. The maximum absolute atomic E-state index is 13.4. The molecule has 1 aliphatic rings. The van der Waals surface area contributed by atoms with Crippen LogP contribution >= 0.6 is 0 Å². The molecule has 1 heterocycles. The SMILES string of the molecule is Cc1ccc(F)cc1C(=O)N1CCN(C[C@H](O)c2ccccc2)CC1. The summed E-state index contributed by atoms with van der Waals surface area (Å²) in [5.74, 6) is -0.515. The minimum Gasteiger partial charge on any atom is -0.387 e. The summed E-state index contributed by atoms with van der Waals surface area (Å²) in [6.07, 6.45) is -0.533. The zero-order valence-corrected chi connectivity index (χ0v) is 14.4. The lowest BCUT2D eigenvalue weighted by atomic mass is 10.1. The molecule has 0 aromatic heterocycles. The summed E-state index contributed by atoms with van der Waals surface area (Å²) in [6, 6.07) is 13.9. The summed E-state index contributed by atoms with van der Waals surface area (Å²) in [4.78, 5) is 16.5. The van der Waals surface area contributed by atoms with Crippen molar-refractivity contribution in [3.8, 4) is 0 Å². The van der Waals surface area contributed by atoms with Crippen molar-refractivity contribution in [3.05, 3.63) is 71.0 Å². The second-order valence-corrected chi connectivity index (χ2v) is 6.48. The molecule has 0 unspecified atom stereocenters. The third kappa shape index (κ3) is 4.24. The first-order valence-corrected chi connectivity index (χ1v) is 8.55. The Kier molecular flexibility index (Phi) is 5.46. The van der Waals surface area contributed by atoms with Gasteiger partial charge in [0.2, 0.25) is 0 Å². The van der Waals surface area contributed by atoms with Gasteiger partial charge in [-0.1, -0.05) is 36.4 Å². The lowest BCUT2D eigenvalue weighted by molar-refractivity contribution is 0.0526. The van der Waals surface area contributed by atoms with E-state index in [0.29, 0.717) is 38.3 Å². The molecule has 132 valence electrons. The fourth-order valence-electron chi connectivity index (χ4n) is 3.15. The highest BCUT2D eigenvalue weighted by Crippen LogP contribution is 2.17. The Balaban J connectivity index is 1.56. The molecule has 1 aliphatic heterocycles. The van der Waals surface area contributed by atoms with Crippen LogP contribution in [0.5, 0.6) is 0 Å². The van der Waals surface area contributed by atoms with Crippen LogP contribution in [0.2, 0.25) is 0 Å². The second-order valence-electron chi connectivity index (χ2n) is 6.48. The molecule has 2 aromatic carbocycles. The van der Waals surface area contributed by atoms with Gasteiger partial charge in [-0.2, -0.15) is 0 Å². The molecule has 1 saturated heterocycles. The summed E-state index contributed by atoms with van der Waals surface area (Å²) in [5, 5.41) is 10.3. The van der Waals surface area contributed by atoms with Gasteiger partial charge in [0.05, 0.1) is 6.10 Å². The van der Waals surface area contributed by atoms with Crippen molar-refractivity contribution >= 4 is 5.91 Å². The number of halogens is 1. The van der Waals surface area contributed by atoms with E-state index in [1.165, 1.54) is 12.1 Å². The van der Waals surface area contributed by atoms with Crippen LogP contribution in [-0.4, -0.2) is 53.5 Å². The zero-order valence-electron chi connectivity index (χ0n) is 14.4. The first-order valence-electron chi connectivity index (χ1n) is 8.55. The van der Waals surface area contributed by atoms with Crippen LogP contribution in [0.15, 0.2) is 48.5 Å². The van der Waals surface area contributed by atoms with Crippen LogP contribution in [0, 0.1) is 12.7 Å². The topological polar surface area (TPSA) is 43.8 Å². The lowest BCUT2D eigenvalue weighted by Gasteiger charge is -2.36. The number of aliphatic hydroxyl groups excluding tert-OH is 1. The van der Waals surface area contributed by atoms with Crippen molar-refractivity contribution in [1.82, 2.24) is 9.80 Å². The first-order chi connectivity index (χ1) is 12.0. The van der Waals surface area contributed by atoms with E-state index in [2.05, 4.69) is 4.90 Å². The van der Waals surface area contributed by atoms with E-state index in [4.69, 9.17) is 0 Å². The first kappa shape index (κ1) is 17.6. The van der Waals surface area contributed by atoms with Crippen LogP contribution in [0.3, 0.4) is 0 Å². The Morgan fingerprint density at radius 3 is 2.48 bits per heavy atom. The number of benzene rings is 2.